The normalized spacial score (nSPS) is 19.6. The molecule has 1 aromatic heterocycles. The van der Waals surface area contributed by atoms with Gasteiger partial charge in [0.15, 0.2) is 5.82 Å². The number of ether oxygens (including phenoxy) is 1. The maximum absolute atomic E-state index is 5.42. The molecule has 0 amide bonds. The van der Waals surface area contributed by atoms with E-state index in [4.69, 9.17) is 22.8 Å². The van der Waals surface area contributed by atoms with Crippen LogP contribution in [0.25, 0.3) is 0 Å². The zero-order chi connectivity index (χ0) is 11.4. The average molecular weight is 239 g/mol. The lowest BCUT2D eigenvalue weighted by atomic mass is 10.3. The Morgan fingerprint density at radius 2 is 2.56 bits per heavy atom. The summed E-state index contributed by atoms with van der Waals surface area (Å²) in [7, 11) is 0. The Hall–Kier alpha value is -1.47. The van der Waals surface area contributed by atoms with Crippen LogP contribution < -0.4 is 16.2 Å². The summed E-state index contributed by atoms with van der Waals surface area (Å²) in [6, 6.07) is 3.79. The summed E-state index contributed by atoms with van der Waals surface area (Å²) in [4.78, 5) is 2.11. The Balaban J connectivity index is 1.91. The second-order valence-corrected chi connectivity index (χ2v) is 3.86. The van der Waals surface area contributed by atoms with Crippen LogP contribution in [0.15, 0.2) is 18.3 Å². The number of nitrogens with two attached hydrogens (primary N) is 1. The number of anilines is 1. The van der Waals surface area contributed by atoms with Crippen molar-refractivity contribution in [1.82, 2.24) is 15.6 Å². The van der Waals surface area contributed by atoms with Gasteiger partial charge in [-0.2, -0.15) is 5.10 Å². The minimum absolute atomic E-state index is 0.0607. The number of hydrogen-bond donors (Lipinski definition) is 2. The Kier molecular flexibility index (Phi) is 3.47. The van der Waals surface area contributed by atoms with Crippen molar-refractivity contribution in [3.05, 3.63) is 18.3 Å². The van der Waals surface area contributed by atoms with Crippen molar-refractivity contribution in [3.63, 3.8) is 0 Å². The quantitative estimate of drug-likeness (QED) is 0.421. The highest BCUT2D eigenvalue weighted by Crippen LogP contribution is 2.18. The monoisotopic (exact) mass is 239 g/mol. The highest BCUT2D eigenvalue weighted by atomic mass is 32.1. The molecule has 0 unspecified atom stereocenters. The molecular formula is C9H13N5OS. The van der Waals surface area contributed by atoms with Crippen LogP contribution in [0.1, 0.15) is 6.42 Å². The summed E-state index contributed by atoms with van der Waals surface area (Å²) in [5, 5.41) is 8.11. The third-order valence-corrected chi connectivity index (χ3v) is 2.63. The summed E-state index contributed by atoms with van der Waals surface area (Å²) in [5.74, 6) is 6.01. The molecule has 6 nitrogen and oxygen atoms in total. The molecule has 7 heteroatoms. The molecule has 1 atom stereocenters. The molecule has 86 valence electrons. The smallest absolute Gasteiger partial charge is 0.271 e. The highest BCUT2D eigenvalue weighted by Gasteiger charge is 2.25. The molecule has 16 heavy (non-hydrogen) atoms. The highest BCUT2D eigenvalue weighted by molar-refractivity contribution is 7.80. The fraction of sp³-hybridized carbons (Fsp3) is 0.444. The standard InChI is InChI=1S/C9H13N5OS/c10-12-9(16)15-7-3-5-14(6-7)8-2-1-4-11-13-8/h1-2,4,7H,3,5-6,10H2,(H,12,16)/t7-/m1/s1. The Labute approximate surface area is 98.8 Å². The van der Waals surface area contributed by atoms with Gasteiger partial charge in [0.2, 0.25) is 0 Å². The van der Waals surface area contributed by atoms with Crippen LogP contribution in [-0.4, -0.2) is 34.6 Å². The van der Waals surface area contributed by atoms with E-state index >= 15 is 0 Å². The van der Waals surface area contributed by atoms with Crippen LogP contribution in [0.4, 0.5) is 5.82 Å². The summed E-state index contributed by atoms with van der Waals surface area (Å²) < 4.78 is 5.42. The predicted octanol–water partition coefficient (Wildman–Crippen LogP) is -0.180. The van der Waals surface area contributed by atoms with Gasteiger partial charge in [-0.3, -0.25) is 5.43 Å². The molecule has 0 aliphatic carbocycles. The molecule has 1 fully saturated rings. The minimum atomic E-state index is 0.0607. The van der Waals surface area contributed by atoms with Gasteiger partial charge >= 0.3 is 0 Å². The summed E-state index contributed by atoms with van der Waals surface area (Å²) >= 11 is 4.84. The molecule has 2 heterocycles. The predicted molar refractivity (Wildman–Crippen MR) is 63.7 cm³/mol. The molecule has 1 saturated heterocycles. The van der Waals surface area contributed by atoms with Crippen LogP contribution in [0.5, 0.6) is 0 Å². The molecule has 1 aromatic rings. The van der Waals surface area contributed by atoms with Crippen LogP contribution in [0, 0.1) is 0 Å². The van der Waals surface area contributed by atoms with Crippen LogP contribution in [-0.2, 0) is 4.74 Å². The molecule has 0 radical (unpaired) electrons. The first-order valence-corrected chi connectivity index (χ1v) is 5.40. The summed E-state index contributed by atoms with van der Waals surface area (Å²) in [5.41, 5.74) is 2.31. The van der Waals surface area contributed by atoms with Gasteiger partial charge in [0.25, 0.3) is 5.17 Å². The second-order valence-electron chi connectivity index (χ2n) is 3.49. The van der Waals surface area contributed by atoms with Crippen molar-refractivity contribution >= 4 is 23.2 Å². The number of rotatable bonds is 2. The van der Waals surface area contributed by atoms with E-state index in [-0.39, 0.29) is 11.3 Å². The third kappa shape index (κ3) is 2.56. The zero-order valence-electron chi connectivity index (χ0n) is 8.67. The van der Waals surface area contributed by atoms with Gasteiger partial charge in [-0.15, -0.1) is 5.10 Å². The lowest BCUT2D eigenvalue weighted by Gasteiger charge is -2.17. The Morgan fingerprint density at radius 1 is 1.69 bits per heavy atom. The van der Waals surface area contributed by atoms with Gasteiger partial charge in [0.1, 0.15) is 6.10 Å². The lowest BCUT2D eigenvalue weighted by molar-refractivity contribution is 0.207. The van der Waals surface area contributed by atoms with E-state index in [9.17, 15) is 0 Å². The van der Waals surface area contributed by atoms with Gasteiger partial charge in [-0.1, -0.05) is 0 Å². The third-order valence-electron chi connectivity index (χ3n) is 2.42. The first-order chi connectivity index (χ1) is 7.79. The number of nitrogens with one attached hydrogen (secondary N) is 1. The van der Waals surface area contributed by atoms with Gasteiger partial charge in [-0.05, 0) is 24.4 Å². The van der Waals surface area contributed by atoms with Crippen LogP contribution in [0.2, 0.25) is 0 Å². The van der Waals surface area contributed by atoms with Crippen molar-refractivity contribution in [2.24, 2.45) is 5.84 Å². The average Bonchev–Trinajstić information content (AvgIpc) is 2.78. The SMILES string of the molecule is NNC(=S)O[C@@H]1CCN(c2cccnn2)C1. The minimum Gasteiger partial charge on any atom is -0.465 e. The van der Waals surface area contributed by atoms with E-state index in [1.807, 2.05) is 12.1 Å². The zero-order valence-corrected chi connectivity index (χ0v) is 9.48. The van der Waals surface area contributed by atoms with Gasteiger partial charge < -0.3 is 9.64 Å². The number of hydrogen-bond acceptors (Lipinski definition) is 6. The summed E-state index contributed by atoms with van der Waals surface area (Å²) in [6.45, 7) is 1.64. The van der Waals surface area contributed by atoms with E-state index in [1.54, 1.807) is 6.20 Å². The van der Waals surface area contributed by atoms with E-state index in [0.717, 1.165) is 25.3 Å². The first kappa shape index (κ1) is 11.0. The van der Waals surface area contributed by atoms with Crippen LogP contribution in [0.3, 0.4) is 0 Å². The van der Waals surface area contributed by atoms with E-state index in [0.29, 0.717) is 0 Å². The van der Waals surface area contributed by atoms with E-state index in [2.05, 4.69) is 20.5 Å². The van der Waals surface area contributed by atoms with Gasteiger partial charge in [0.05, 0.1) is 6.54 Å². The number of nitrogens with zero attached hydrogens (tertiary/aromatic N) is 3. The molecule has 0 aromatic carbocycles. The number of thiocarbonyl (C=S) groups is 1. The van der Waals surface area contributed by atoms with Crippen LogP contribution >= 0.6 is 12.2 Å². The molecule has 0 saturated carbocycles. The fourth-order valence-corrected chi connectivity index (χ4v) is 1.82. The maximum atomic E-state index is 5.42. The summed E-state index contributed by atoms with van der Waals surface area (Å²) in [6.07, 6.45) is 2.62. The van der Waals surface area contributed by atoms with E-state index in [1.165, 1.54) is 0 Å². The molecule has 1 aliphatic rings. The molecule has 1 aliphatic heterocycles. The van der Waals surface area contributed by atoms with Gasteiger partial charge in [-0.25, -0.2) is 5.84 Å². The van der Waals surface area contributed by atoms with Crippen molar-refractivity contribution in [3.8, 4) is 0 Å². The Morgan fingerprint density at radius 3 is 3.25 bits per heavy atom. The molecule has 0 spiro atoms. The van der Waals surface area contributed by atoms with Gasteiger partial charge in [0, 0.05) is 19.2 Å². The maximum Gasteiger partial charge on any atom is 0.271 e. The second kappa shape index (κ2) is 5.04. The van der Waals surface area contributed by atoms with Crippen molar-refractivity contribution < 1.29 is 4.74 Å². The molecule has 2 rings (SSSR count). The lowest BCUT2D eigenvalue weighted by Crippen LogP contribution is -2.34. The van der Waals surface area contributed by atoms with Crippen molar-refractivity contribution in [2.75, 3.05) is 18.0 Å². The fourth-order valence-electron chi connectivity index (χ4n) is 1.68. The molecular weight excluding hydrogens is 226 g/mol. The molecule has 0 bridgehead atoms. The number of aromatic nitrogens is 2. The largest absolute Gasteiger partial charge is 0.465 e. The topological polar surface area (TPSA) is 76.3 Å². The Bertz CT molecular complexity index is 360. The first-order valence-electron chi connectivity index (χ1n) is 4.99. The van der Waals surface area contributed by atoms with Crippen molar-refractivity contribution in [1.29, 1.82) is 0 Å². The van der Waals surface area contributed by atoms with E-state index < -0.39 is 0 Å². The number of hydrazine groups is 1. The molecule has 3 N–H and O–H groups in total. The van der Waals surface area contributed by atoms with Crippen molar-refractivity contribution in [2.45, 2.75) is 12.5 Å².